The van der Waals surface area contributed by atoms with Gasteiger partial charge in [-0.25, -0.2) is 5.43 Å². The van der Waals surface area contributed by atoms with Gasteiger partial charge >= 0.3 is 0 Å². The second-order valence-corrected chi connectivity index (χ2v) is 3.27. The van der Waals surface area contributed by atoms with Gasteiger partial charge in [-0.15, -0.1) is 5.92 Å². The van der Waals surface area contributed by atoms with Crippen molar-refractivity contribution in [1.82, 2.24) is 10.4 Å². The third kappa shape index (κ3) is 4.05. The Labute approximate surface area is 92.3 Å². The zero-order chi connectivity index (χ0) is 10.9. The number of allylic oxidation sites excluding steroid dienone is 3. The van der Waals surface area contributed by atoms with Crippen LogP contribution in [0.4, 0.5) is 0 Å². The van der Waals surface area contributed by atoms with Gasteiger partial charge < -0.3 is 0 Å². The summed E-state index contributed by atoms with van der Waals surface area (Å²) >= 11 is 0. The van der Waals surface area contributed by atoms with Gasteiger partial charge in [0.15, 0.2) is 0 Å². The summed E-state index contributed by atoms with van der Waals surface area (Å²) in [5.41, 5.74) is 4.32. The third-order valence-corrected chi connectivity index (χ3v) is 2.02. The first-order chi connectivity index (χ1) is 7.38. The lowest BCUT2D eigenvalue weighted by atomic mass is 10.2. The number of hydrogen-bond acceptors (Lipinski definition) is 2. The lowest BCUT2D eigenvalue weighted by Crippen LogP contribution is -2.27. The molecular formula is C13H18N2. The van der Waals surface area contributed by atoms with Gasteiger partial charge in [-0.3, -0.25) is 5.01 Å². The molecule has 0 atom stereocenters. The minimum absolute atomic E-state index is 0.887. The first-order valence-corrected chi connectivity index (χ1v) is 5.37. The summed E-state index contributed by atoms with van der Waals surface area (Å²) in [5, 5.41) is 2.00. The first-order valence-electron chi connectivity index (χ1n) is 5.37. The Morgan fingerprint density at radius 2 is 2.47 bits per heavy atom. The summed E-state index contributed by atoms with van der Waals surface area (Å²) in [4.78, 5) is 0. The van der Waals surface area contributed by atoms with E-state index in [1.807, 2.05) is 24.2 Å². The third-order valence-electron chi connectivity index (χ3n) is 2.02. The van der Waals surface area contributed by atoms with E-state index in [9.17, 15) is 0 Å². The summed E-state index contributed by atoms with van der Waals surface area (Å²) in [7, 11) is 0. The van der Waals surface area contributed by atoms with Crippen molar-refractivity contribution in [3.05, 3.63) is 36.2 Å². The molecule has 0 aromatic carbocycles. The van der Waals surface area contributed by atoms with Crippen LogP contribution in [0.15, 0.2) is 36.2 Å². The molecule has 15 heavy (non-hydrogen) atoms. The van der Waals surface area contributed by atoms with E-state index in [1.54, 1.807) is 0 Å². The van der Waals surface area contributed by atoms with Crippen molar-refractivity contribution in [2.75, 3.05) is 6.54 Å². The van der Waals surface area contributed by atoms with Crippen LogP contribution in [0.5, 0.6) is 0 Å². The molecule has 1 rings (SSSR count). The Balaban J connectivity index is 2.67. The van der Waals surface area contributed by atoms with Gasteiger partial charge in [0.1, 0.15) is 0 Å². The molecule has 0 unspecified atom stereocenters. The van der Waals surface area contributed by atoms with Crippen LogP contribution < -0.4 is 5.43 Å². The predicted octanol–water partition coefficient (Wildman–Crippen LogP) is 2.58. The van der Waals surface area contributed by atoms with Crippen molar-refractivity contribution in [3.8, 4) is 11.8 Å². The highest BCUT2D eigenvalue weighted by atomic mass is 15.5. The minimum Gasteiger partial charge on any atom is -0.284 e. The van der Waals surface area contributed by atoms with E-state index >= 15 is 0 Å². The van der Waals surface area contributed by atoms with Gasteiger partial charge in [-0.1, -0.05) is 31.4 Å². The van der Waals surface area contributed by atoms with Gasteiger partial charge in [0.05, 0.1) is 5.70 Å². The zero-order valence-corrected chi connectivity index (χ0v) is 9.46. The molecule has 2 nitrogen and oxygen atoms in total. The fourth-order valence-electron chi connectivity index (χ4n) is 1.25. The van der Waals surface area contributed by atoms with Crippen LogP contribution in [-0.4, -0.2) is 11.6 Å². The molecule has 80 valence electrons. The number of hydrazine groups is 1. The number of hydrogen-bond donors (Lipinski definition) is 1. The maximum Gasteiger partial charge on any atom is 0.0650 e. The number of rotatable bonds is 4. The highest BCUT2D eigenvalue weighted by Crippen LogP contribution is 2.08. The second-order valence-electron chi connectivity index (χ2n) is 3.27. The molecule has 0 spiro atoms. The molecule has 1 heterocycles. The van der Waals surface area contributed by atoms with Crippen LogP contribution in [0.3, 0.4) is 0 Å². The highest BCUT2D eigenvalue weighted by Gasteiger charge is 2.05. The zero-order valence-electron chi connectivity index (χ0n) is 9.46. The quantitative estimate of drug-likeness (QED) is 0.557. The van der Waals surface area contributed by atoms with E-state index in [4.69, 9.17) is 0 Å². The van der Waals surface area contributed by atoms with Crippen LogP contribution in [0.2, 0.25) is 0 Å². The van der Waals surface area contributed by atoms with Gasteiger partial charge in [0.2, 0.25) is 0 Å². The van der Waals surface area contributed by atoms with Crippen molar-refractivity contribution < 1.29 is 0 Å². The molecular weight excluding hydrogens is 184 g/mol. The summed E-state index contributed by atoms with van der Waals surface area (Å²) in [6.45, 7) is 4.91. The standard InChI is InChI=1S/C13H18N2/c1-3-5-7-10-13(9-6-4-2)15-12-8-11-14-15/h7-10,12,14H,3,5,11H2,1-2H3/b10-7-,13-9+. The second kappa shape index (κ2) is 6.92. The maximum absolute atomic E-state index is 3.23. The van der Waals surface area contributed by atoms with Crippen molar-refractivity contribution >= 4 is 0 Å². The topological polar surface area (TPSA) is 15.3 Å². The maximum atomic E-state index is 3.23. The average Bonchev–Trinajstić information content (AvgIpc) is 2.76. The van der Waals surface area contributed by atoms with E-state index in [1.165, 1.54) is 6.42 Å². The smallest absolute Gasteiger partial charge is 0.0650 e. The lowest BCUT2D eigenvalue weighted by molar-refractivity contribution is 0.394. The van der Waals surface area contributed by atoms with Gasteiger partial charge in [-0.05, 0) is 19.4 Å². The molecule has 1 N–H and O–H groups in total. The summed E-state index contributed by atoms with van der Waals surface area (Å²) in [6.07, 6.45) is 12.6. The van der Waals surface area contributed by atoms with Gasteiger partial charge in [0.25, 0.3) is 0 Å². The minimum atomic E-state index is 0.887. The summed E-state index contributed by atoms with van der Waals surface area (Å²) in [6, 6.07) is 0. The largest absolute Gasteiger partial charge is 0.284 e. The summed E-state index contributed by atoms with van der Waals surface area (Å²) in [5.74, 6) is 5.85. The first kappa shape index (κ1) is 11.6. The number of unbranched alkanes of at least 4 members (excludes halogenated alkanes) is 1. The molecule has 0 radical (unpaired) electrons. The molecule has 0 fully saturated rings. The molecule has 0 saturated carbocycles. The van der Waals surface area contributed by atoms with E-state index in [0.717, 1.165) is 18.7 Å². The molecule has 2 heteroatoms. The molecule has 0 aromatic rings. The van der Waals surface area contributed by atoms with Crippen LogP contribution in [0.25, 0.3) is 0 Å². The van der Waals surface area contributed by atoms with Crippen LogP contribution in [-0.2, 0) is 0 Å². The Morgan fingerprint density at radius 1 is 1.60 bits per heavy atom. The fraction of sp³-hybridized carbons (Fsp3) is 0.385. The van der Waals surface area contributed by atoms with Crippen molar-refractivity contribution in [1.29, 1.82) is 0 Å². The number of nitrogens with zero attached hydrogens (tertiary/aromatic N) is 1. The Kier molecular flexibility index (Phi) is 5.35. The van der Waals surface area contributed by atoms with Crippen molar-refractivity contribution in [2.24, 2.45) is 0 Å². The predicted molar refractivity (Wildman–Crippen MR) is 64.6 cm³/mol. The van der Waals surface area contributed by atoms with Crippen molar-refractivity contribution in [3.63, 3.8) is 0 Å². The molecule has 0 amide bonds. The Morgan fingerprint density at radius 3 is 3.07 bits per heavy atom. The normalized spacial score (nSPS) is 15.9. The molecule has 1 aliphatic rings. The molecule has 0 aliphatic carbocycles. The molecule has 0 bridgehead atoms. The SMILES string of the molecule is CC#C/C=C(\C=C/CCC)N1C=CCN1. The van der Waals surface area contributed by atoms with E-state index < -0.39 is 0 Å². The molecule has 0 saturated heterocycles. The van der Waals surface area contributed by atoms with E-state index in [-0.39, 0.29) is 0 Å². The van der Waals surface area contributed by atoms with E-state index in [0.29, 0.717) is 0 Å². The highest BCUT2D eigenvalue weighted by molar-refractivity contribution is 5.29. The Bertz CT molecular complexity index is 326. The van der Waals surface area contributed by atoms with Gasteiger partial charge in [0, 0.05) is 18.8 Å². The lowest BCUT2D eigenvalue weighted by Gasteiger charge is -2.16. The Hall–Kier alpha value is -1.46. The van der Waals surface area contributed by atoms with Crippen LogP contribution >= 0.6 is 0 Å². The number of nitrogens with one attached hydrogen (secondary N) is 1. The van der Waals surface area contributed by atoms with Gasteiger partial charge in [-0.2, -0.15) is 0 Å². The molecule has 0 aromatic heterocycles. The van der Waals surface area contributed by atoms with E-state index in [2.05, 4.69) is 42.4 Å². The van der Waals surface area contributed by atoms with Crippen LogP contribution in [0, 0.1) is 11.8 Å². The fourth-order valence-corrected chi connectivity index (χ4v) is 1.25. The van der Waals surface area contributed by atoms with Crippen molar-refractivity contribution in [2.45, 2.75) is 26.7 Å². The van der Waals surface area contributed by atoms with Crippen LogP contribution in [0.1, 0.15) is 26.7 Å². The average molecular weight is 202 g/mol. The molecule has 1 aliphatic heterocycles. The summed E-state index contributed by atoms with van der Waals surface area (Å²) < 4.78 is 0. The monoisotopic (exact) mass is 202 g/mol.